The second kappa shape index (κ2) is 9.69. The quantitative estimate of drug-likeness (QED) is 0.670. The summed E-state index contributed by atoms with van der Waals surface area (Å²) >= 11 is 0. The lowest BCUT2D eigenvalue weighted by Gasteiger charge is -2.27. The summed E-state index contributed by atoms with van der Waals surface area (Å²) < 4.78 is 38.9. The number of amides is 1. The lowest BCUT2D eigenvalue weighted by molar-refractivity contribution is -0.141. The van der Waals surface area contributed by atoms with E-state index < -0.39 is 11.9 Å². The topological polar surface area (TPSA) is 39.7 Å². The minimum Gasteiger partial charge on any atom is -0.302 e. The number of rotatable bonds is 8. The predicted octanol–water partition coefficient (Wildman–Crippen LogP) is 3.51. The number of hydrogen-bond acceptors (Lipinski definition) is 4. The summed E-state index contributed by atoms with van der Waals surface area (Å²) in [6.45, 7) is 9.92. The van der Waals surface area contributed by atoms with E-state index >= 15 is 0 Å². The van der Waals surface area contributed by atoms with E-state index in [-0.39, 0.29) is 18.1 Å². The van der Waals surface area contributed by atoms with Crippen LogP contribution in [0.4, 0.5) is 19.0 Å². The largest absolute Gasteiger partial charge is 0.433 e. The van der Waals surface area contributed by atoms with Gasteiger partial charge >= 0.3 is 6.18 Å². The zero-order chi connectivity index (χ0) is 20.9. The van der Waals surface area contributed by atoms with Crippen LogP contribution in [0, 0.1) is 5.92 Å². The normalized spacial score (nSPS) is 18.2. The molecule has 158 valence electrons. The van der Waals surface area contributed by atoms with Crippen molar-refractivity contribution in [3.8, 4) is 0 Å². The van der Waals surface area contributed by atoms with Crippen LogP contribution in [0.3, 0.4) is 0 Å². The Balaban J connectivity index is 2.02. The van der Waals surface area contributed by atoms with E-state index in [2.05, 4.69) is 35.7 Å². The van der Waals surface area contributed by atoms with Crippen molar-refractivity contribution in [2.24, 2.45) is 5.92 Å². The molecule has 2 rings (SSSR count). The maximum absolute atomic E-state index is 13.0. The zero-order valence-corrected chi connectivity index (χ0v) is 17.2. The van der Waals surface area contributed by atoms with Crippen molar-refractivity contribution in [2.75, 3.05) is 44.7 Å². The zero-order valence-electron chi connectivity index (χ0n) is 17.2. The van der Waals surface area contributed by atoms with E-state index in [0.29, 0.717) is 25.0 Å². The monoisotopic (exact) mass is 400 g/mol. The maximum atomic E-state index is 13.0. The van der Waals surface area contributed by atoms with Crippen molar-refractivity contribution >= 4 is 11.7 Å². The van der Waals surface area contributed by atoms with Gasteiger partial charge in [0.15, 0.2) is 0 Å². The highest BCUT2D eigenvalue weighted by molar-refractivity contribution is 5.92. The fraction of sp³-hybridized carbons (Fsp3) is 0.700. The molecule has 0 bridgehead atoms. The summed E-state index contributed by atoms with van der Waals surface area (Å²) in [5.41, 5.74) is -0.976. The van der Waals surface area contributed by atoms with Gasteiger partial charge in [-0.3, -0.25) is 14.6 Å². The number of carbonyl (C=O) groups is 1. The van der Waals surface area contributed by atoms with Gasteiger partial charge in [0.1, 0.15) is 11.5 Å². The first-order valence-electron chi connectivity index (χ1n) is 9.89. The highest BCUT2D eigenvalue weighted by Crippen LogP contribution is 2.29. The molecule has 5 nitrogen and oxygen atoms in total. The molecule has 0 radical (unpaired) electrons. The molecule has 0 saturated carbocycles. The molecule has 1 aromatic rings. The summed E-state index contributed by atoms with van der Waals surface area (Å²) in [5, 5.41) is 0. The second-order valence-corrected chi connectivity index (χ2v) is 7.85. The molecular weight excluding hydrogens is 369 g/mol. The molecule has 1 unspecified atom stereocenters. The van der Waals surface area contributed by atoms with E-state index in [1.807, 2.05) is 0 Å². The van der Waals surface area contributed by atoms with E-state index in [1.54, 1.807) is 6.92 Å². The molecule has 1 fully saturated rings. The van der Waals surface area contributed by atoms with Crippen LogP contribution in [0.15, 0.2) is 18.2 Å². The van der Waals surface area contributed by atoms with Gasteiger partial charge in [-0.05, 0) is 38.1 Å². The van der Waals surface area contributed by atoms with E-state index in [1.165, 1.54) is 17.0 Å². The standard InChI is InChI=1S/C20H31F3N4O/c1-5-19(28)27(18-8-6-7-17(24-18)20(21,22)23)12-11-26-10-9-16(14-26)25(4)13-15(2)3/h6-8,15-16H,5,9-14H2,1-4H3. The Morgan fingerprint density at radius 1 is 1.36 bits per heavy atom. The smallest absolute Gasteiger partial charge is 0.302 e. The number of nitrogens with zero attached hydrogens (tertiary/aromatic N) is 4. The molecule has 1 saturated heterocycles. The van der Waals surface area contributed by atoms with Crippen LogP contribution in [-0.4, -0.2) is 66.5 Å². The van der Waals surface area contributed by atoms with Crippen LogP contribution in [-0.2, 0) is 11.0 Å². The highest BCUT2D eigenvalue weighted by Gasteiger charge is 2.33. The number of anilines is 1. The molecule has 1 aromatic heterocycles. The van der Waals surface area contributed by atoms with Gasteiger partial charge in [0.05, 0.1) is 0 Å². The molecule has 0 aliphatic carbocycles. The first-order chi connectivity index (χ1) is 13.1. The summed E-state index contributed by atoms with van der Waals surface area (Å²) in [7, 11) is 2.13. The van der Waals surface area contributed by atoms with Crippen molar-refractivity contribution in [1.29, 1.82) is 0 Å². The third kappa shape index (κ3) is 6.17. The Hall–Kier alpha value is -1.67. The van der Waals surface area contributed by atoms with Crippen molar-refractivity contribution < 1.29 is 18.0 Å². The highest BCUT2D eigenvalue weighted by atomic mass is 19.4. The van der Waals surface area contributed by atoms with Gasteiger partial charge in [-0.25, -0.2) is 4.98 Å². The van der Waals surface area contributed by atoms with E-state index in [0.717, 1.165) is 32.1 Å². The van der Waals surface area contributed by atoms with Gasteiger partial charge in [0, 0.05) is 38.6 Å². The number of likely N-dealkylation sites (tertiary alicyclic amines) is 1. The molecule has 2 heterocycles. The van der Waals surface area contributed by atoms with E-state index in [4.69, 9.17) is 0 Å². The third-order valence-corrected chi connectivity index (χ3v) is 5.07. The Kier molecular flexibility index (Phi) is 7.83. The third-order valence-electron chi connectivity index (χ3n) is 5.07. The molecule has 1 atom stereocenters. The number of alkyl halides is 3. The Morgan fingerprint density at radius 3 is 2.68 bits per heavy atom. The van der Waals surface area contributed by atoms with Crippen LogP contribution in [0.2, 0.25) is 0 Å². The fourth-order valence-corrected chi connectivity index (χ4v) is 3.63. The first-order valence-corrected chi connectivity index (χ1v) is 9.89. The van der Waals surface area contributed by atoms with Gasteiger partial charge in [-0.15, -0.1) is 0 Å². The lowest BCUT2D eigenvalue weighted by atomic mass is 10.1. The van der Waals surface area contributed by atoms with Gasteiger partial charge < -0.3 is 4.90 Å². The number of aromatic nitrogens is 1. The van der Waals surface area contributed by atoms with Gasteiger partial charge in [0.2, 0.25) is 5.91 Å². The average Bonchev–Trinajstić information content (AvgIpc) is 3.10. The second-order valence-electron chi connectivity index (χ2n) is 7.85. The number of likely N-dealkylation sites (N-methyl/N-ethyl adjacent to an activating group) is 1. The molecular formula is C20H31F3N4O. The molecule has 0 spiro atoms. The van der Waals surface area contributed by atoms with Gasteiger partial charge in [-0.2, -0.15) is 13.2 Å². The number of halogens is 3. The summed E-state index contributed by atoms with van der Waals surface area (Å²) in [5.74, 6) is 0.442. The number of hydrogen-bond donors (Lipinski definition) is 0. The minimum absolute atomic E-state index is 0.0642. The molecule has 0 aromatic carbocycles. The molecule has 28 heavy (non-hydrogen) atoms. The van der Waals surface area contributed by atoms with Crippen LogP contribution in [0.25, 0.3) is 0 Å². The Morgan fingerprint density at radius 2 is 2.07 bits per heavy atom. The molecule has 0 N–H and O–H groups in total. The molecule has 1 aliphatic heterocycles. The van der Waals surface area contributed by atoms with Crippen LogP contribution < -0.4 is 4.90 Å². The van der Waals surface area contributed by atoms with Crippen molar-refractivity contribution in [2.45, 2.75) is 45.8 Å². The number of pyridine rings is 1. The maximum Gasteiger partial charge on any atom is 0.433 e. The van der Waals surface area contributed by atoms with E-state index in [9.17, 15) is 18.0 Å². The predicted molar refractivity (Wildman–Crippen MR) is 104 cm³/mol. The molecule has 8 heteroatoms. The average molecular weight is 400 g/mol. The van der Waals surface area contributed by atoms with Crippen LogP contribution in [0.5, 0.6) is 0 Å². The molecule has 1 aliphatic rings. The van der Waals surface area contributed by atoms with Gasteiger partial charge in [0.25, 0.3) is 0 Å². The SMILES string of the molecule is CCC(=O)N(CCN1CCC(N(C)CC(C)C)C1)c1cccc(C(F)(F)F)n1. The lowest BCUT2D eigenvalue weighted by Crippen LogP contribution is -2.40. The van der Waals surface area contributed by atoms with Crippen LogP contribution >= 0.6 is 0 Å². The Bertz CT molecular complexity index is 651. The summed E-state index contributed by atoms with van der Waals surface area (Å²) in [4.78, 5) is 22.1. The molecule has 1 amide bonds. The fourth-order valence-electron chi connectivity index (χ4n) is 3.63. The van der Waals surface area contributed by atoms with Crippen molar-refractivity contribution in [1.82, 2.24) is 14.8 Å². The van der Waals surface area contributed by atoms with Crippen LogP contribution in [0.1, 0.15) is 39.3 Å². The van der Waals surface area contributed by atoms with Gasteiger partial charge in [-0.1, -0.05) is 26.8 Å². The first kappa shape index (κ1) is 22.6. The summed E-state index contributed by atoms with van der Waals surface area (Å²) in [6, 6.07) is 4.16. The van der Waals surface area contributed by atoms with Crippen molar-refractivity contribution in [3.63, 3.8) is 0 Å². The number of carbonyl (C=O) groups excluding carboxylic acids is 1. The van der Waals surface area contributed by atoms with Crippen molar-refractivity contribution in [3.05, 3.63) is 23.9 Å². The Labute approximate surface area is 165 Å². The minimum atomic E-state index is -4.53. The summed E-state index contributed by atoms with van der Waals surface area (Å²) in [6.07, 6.45) is -3.25.